The van der Waals surface area contributed by atoms with Crippen LogP contribution in [0.2, 0.25) is 0 Å². The molecule has 1 aliphatic rings. The second-order valence-electron chi connectivity index (χ2n) is 4.79. The molecule has 2 unspecified atom stereocenters. The van der Waals surface area contributed by atoms with Gasteiger partial charge in [0.2, 0.25) is 0 Å². The highest BCUT2D eigenvalue weighted by Gasteiger charge is 2.23. The lowest BCUT2D eigenvalue weighted by Gasteiger charge is -2.18. The zero-order chi connectivity index (χ0) is 12.3. The summed E-state index contributed by atoms with van der Waals surface area (Å²) < 4.78 is 5.20. The maximum Gasteiger partial charge on any atom is 0.128 e. The van der Waals surface area contributed by atoms with Crippen LogP contribution in [-0.2, 0) is 4.74 Å². The Labute approximate surface area is 103 Å². The first-order chi connectivity index (χ1) is 8.20. The Kier molecular flexibility index (Phi) is 3.97. The molecule has 1 fully saturated rings. The molecular formula is C13H21N3O. The number of aromatic nitrogens is 1. The van der Waals surface area contributed by atoms with Crippen molar-refractivity contribution in [2.75, 3.05) is 31.7 Å². The summed E-state index contributed by atoms with van der Waals surface area (Å²) >= 11 is 0. The van der Waals surface area contributed by atoms with Gasteiger partial charge < -0.3 is 15.4 Å². The van der Waals surface area contributed by atoms with Crippen LogP contribution in [0.5, 0.6) is 0 Å². The number of nitrogens with two attached hydrogens (primary N) is 1. The minimum atomic E-state index is 0.0640. The maximum atomic E-state index is 5.89. The number of ether oxygens (including phenoxy) is 1. The van der Waals surface area contributed by atoms with Gasteiger partial charge in [-0.05, 0) is 31.0 Å². The Morgan fingerprint density at radius 3 is 3.18 bits per heavy atom. The van der Waals surface area contributed by atoms with Crippen LogP contribution in [0.4, 0.5) is 5.82 Å². The van der Waals surface area contributed by atoms with Crippen molar-refractivity contribution in [1.29, 1.82) is 0 Å². The number of methoxy groups -OCH3 is 1. The Hall–Kier alpha value is -1.13. The van der Waals surface area contributed by atoms with Gasteiger partial charge in [-0.15, -0.1) is 0 Å². The van der Waals surface area contributed by atoms with Gasteiger partial charge in [0.1, 0.15) is 5.82 Å². The summed E-state index contributed by atoms with van der Waals surface area (Å²) in [5, 5.41) is 0. The minimum Gasteiger partial charge on any atom is -0.384 e. The molecule has 0 spiro atoms. The molecule has 1 saturated heterocycles. The molecule has 0 aliphatic carbocycles. The van der Waals surface area contributed by atoms with Gasteiger partial charge in [0.25, 0.3) is 0 Å². The Bertz CT molecular complexity index is 367. The SMILES string of the molecule is COCC1CCN(c2cc(C(C)N)ccn2)C1. The van der Waals surface area contributed by atoms with Crippen LogP contribution in [0.15, 0.2) is 18.3 Å². The van der Waals surface area contributed by atoms with Crippen molar-refractivity contribution in [3.63, 3.8) is 0 Å². The maximum absolute atomic E-state index is 5.89. The molecule has 2 heterocycles. The van der Waals surface area contributed by atoms with Crippen LogP contribution in [0.25, 0.3) is 0 Å². The number of hydrogen-bond donors (Lipinski definition) is 1. The van der Waals surface area contributed by atoms with Gasteiger partial charge in [0, 0.05) is 38.4 Å². The van der Waals surface area contributed by atoms with E-state index in [1.54, 1.807) is 7.11 Å². The summed E-state index contributed by atoms with van der Waals surface area (Å²) in [7, 11) is 1.76. The van der Waals surface area contributed by atoms with E-state index in [0.29, 0.717) is 5.92 Å². The summed E-state index contributed by atoms with van der Waals surface area (Å²) in [4.78, 5) is 6.74. The predicted molar refractivity (Wildman–Crippen MR) is 69.0 cm³/mol. The molecule has 0 radical (unpaired) electrons. The van der Waals surface area contributed by atoms with E-state index in [0.717, 1.165) is 31.1 Å². The van der Waals surface area contributed by atoms with Gasteiger partial charge >= 0.3 is 0 Å². The van der Waals surface area contributed by atoms with Crippen LogP contribution in [0.3, 0.4) is 0 Å². The van der Waals surface area contributed by atoms with E-state index in [2.05, 4.69) is 16.0 Å². The lowest BCUT2D eigenvalue weighted by molar-refractivity contribution is 0.161. The van der Waals surface area contributed by atoms with E-state index in [1.807, 2.05) is 19.2 Å². The van der Waals surface area contributed by atoms with Crippen molar-refractivity contribution >= 4 is 5.82 Å². The van der Waals surface area contributed by atoms with Gasteiger partial charge in [0.05, 0.1) is 6.61 Å². The molecule has 2 rings (SSSR count). The first-order valence-corrected chi connectivity index (χ1v) is 6.16. The molecule has 0 aromatic carbocycles. The molecule has 0 amide bonds. The van der Waals surface area contributed by atoms with Crippen molar-refractivity contribution < 1.29 is 4.74 Å². The smallest absolute Gasteiger partial charge is 0.128 e. The molecule has 1 aromatic rings. The highest BCUT2D eigenvalue weighted by atomic mass is 16.5. The third-order valence-electron chi connectivity index (χ3n) is 3.31. The van der Waals surface area contributed by atoms with Crippen LogP contribution in [0.1, 0.15) is 24.9 Å². The summed E-state index contributed by atoms with van der Waals surface area (Å²) in [5.74, 6) is 1.67. The second kappa shape index (κ2) is 5.47. The van der Waals surface area contributed by atoms with Gasteiger partial charge in [-0.3, -0.25) is 0 Å². The lowest BCUT2D eigenvalue weighted by Crippen LogP contribution is -2.22. The largest absolute Gasteiger partial charge is 0.384 e. The standard InChI is InChI=1S/C13H21N3O/c1-10(14)12-3-5-15-13(7-12)16-6-4-11(8-16)9-17-2/h3,5,7,10-11H,4,6,8-9,14H2,1-2H3. The molecule has 1 aromatic heterocycles. The fraction of sp³-hybridized carbons (Fsp3) is 0.615. The van der Waals surface area contributed by atoms with E-state index >= 15 is 0 Å². The fourth-order valence-electron chi connectivity index (χ4n) is 2.30. The van der Waals surface area contributed by atoms with Crippen molar-refractivity contribution in [2.45, 2.75) is 19.4 Å². The third-order valence-corrected chi connectivity index (χ3v) is 3.31. The van der Waals surface area contributed by atoms with E-state index in [4.69, 9.17) is 10.5 Å². The summed E-state index contributed by atoms with van der Waals surface area (Å²) in [6.45, 7) is 4.92. The van der Waals surface area contributed by atoms with Crippen LogP contribution < -0.4 is 10.6 Å². The number of hydrogen-bond acceptors (Lipinski definition) is 4. The predicted octanol–water partition coefficient (Wildman–Crippen LogP) is 1.57. The Morgan fingerprint density at radius 2 is 2.47 bits per heavy atom. The van der Waals surface area contributed by atoms with Crippen LogP contribution in [-0.4, -0.2) is 31.8 Å². The topological polar surface area (TPSA) is 51.4 Å². The first-order valence-electron chi connectivity index (χ1n) is 6.16. The number of nitrogens with zero attached hydrogens (tertiary/aromatic N) is 2. The van der Waals surface area contributed by atoms with E-state index in [-0.39, 0.29) is 6.04 Å². The fourth-order valence-corrected chi connectivity index (χ4v) is 2.30. The minimum absolute atomic E-state index is 0.0640. The zero-order valence-corrected chi connectivity index (χ0v) is 10.6. The molecule has 2 atom stereocenters. The molecule has 4 nitrogen and oxygen atoms in total. The summed E-state index contributed by atoms with van der Waals surface area (Å²) in [5.41, 5.74) is 7.03. The van der Waals surface area contributed by atoms with E-state index in [9.17, 15) is 0 Å². The highest BCUT2D eigenvalue weighted by Crippen LogP contribution is 2.24. The molecule has 94 valence electrons. The molecule has 17 heavy (non-hydrogen) atoms. The number of pyridine rings is 1. The zero-order valence-electron chi connectivity index (χ0n) is 10.6. The molecular weight excluding hydrogens is 214 g/mol. The molecule has 4 heteroatoms. The first kappa shape index (κ1) is 12.3. The van der Waals surface area contributed by atoms with Crippen molar-refractivity contribution in [3.8, 4) is 0 Å². The Morgan fingerprint density at radius 1 is 1.65 bits per heavy atom. The lowest BCUT2D eigenvalue weighted by atomic mass is 10.1. The normalized spacial score (nSPS) is 21.8. The van der Waals surface area contributed by atoms with Crippen molar-refractivity contribution in [2.24, 2.45) is 11.7 Å². The van der Waals surface area contributed by atoms with Crippen LogP contribution in [0, 0.1) is 5.92 Å². The number of anilines is 1. The highest BCUT2D eigenvalue weighted by molar-refractivity contribution is 5.42. The van der Waals surface area contributed by atoms with Crippen molar-refractivity contribution in [3.05, 3.63) is 23.9 Å². The average molecular weight is 235 g/mol. The van der Waals surface area contributed by atoms with Gasteiger partial charge in [-0.2, -0.15) is 0 Å². The third kappa shape index (κ3) is 2.96. The molecule has 1 aliphatic heterocycles. The van der Waals surface area contributed by atoms with Gasteiger partial charge in [-0.1, -0.05) is 0 Å². The average Bonchev–Trinajstić information content (AvgIpc) is 2.78. The van der Waals surface area contributed by atoms with Gasteiger partial charge in [0.15, 0.2) is 0 Å². The molecule has 0 saturated carbocycles. The monoisotopic (exact) mass is 235 g/mol. The Balaban J connectivity index is 2.05. The van der Waals surface area contributed by atoms with Gasteiger partial charge in [-0.25, -0.2) is 4.98 Å². The van der Waals surface area contributed by atoms with E-state index in [1.165, 1.54) is 6.42 Å². The van der Waals surface area contributed by atoms with Crippen molar-refractivity contribution in [1.82, 2.24) is 4.98 Å². The second-order valence-corrected chi connectivity index (χ2v) is 4.79. The van der Waals surface area contributed by atoms with Crippen LogP contribution >= 0.6 is 0 Å². The quantitative estimate of drug-likeness (QED) is 0.860. The summed E-state index contributed by atoms with van der Waals surface area (Å²) in [6, 6.07) is 4.14. The number of rotatable bonds is 4. The molecule has 2 N–H and O–H groups in total. The van der Waals surface area contributed by atoms with E-state index < -0.39 is 0 Å². The summed E-state index contributed by atoms with van der Waals surface area (Å²) in [6.07, 6.45) is 3.02. The molecule has 0 bridgehead atoms.